The van der Waals surface area contributed by atoms with Gasteiger partial charge in [0.25, 0.3) is 5.69 Å². The van der Waals surface area contributed by atoms with Gasteiger partial charge in [-0.1, -0.05) is 23.7 Å². The summed E-state index contributed by atoms with van der Waals surface area (Å²) in [6.45, 7) is 0. The maximum atomic E-state index is 10.7. The van der Waals surface area contributed by atoms with Crippen LogP contribution in [0, 0.1) is 10.1 Å². The van der Waals surface area contributed by atoms with E-state index in [1.54, 1.807) is 18.3 Å². The molecule has 0 aliphatic heterocycles. The minimum atomic E-state index is -0.411. The standard InChI is InChI=1S/C20H13ClN2O2/c21-16-3-7-19-14(10-16)9-15-11-17(4-8-20(15)19)22-12-13-1-5-18(6-2-13)23(24)25/h1-8,10-12H,9H2. The van der Waals surface area contributed by atoms with Crippen LogP contribution in [0.25, 0.3) is 11.1 Å². The van der Waals surface area contributed by atoms with Gasteiger partial charge in [0.05, 0.1) is 10.6 Å². The maximum absolute atomic E-state index is 10.7. The van der Waals surface area contributed by atoms with Gasteiger partial charge in [0.2, 0.25) is 0 Å². The first-order valence-corrected chi connectivity index (χ1v) is 8.18. The van der Waals surface area contributed by atoms with Gasteiger partial charge in [0, 0.05) is 23.4 Å². The second-order valence-corrected chi connectivity index (χ2v) is 6.36. The molecule has 0 unspecified atom stereocenters. The topological polar surface area (TPSA) is 55.5 Å². The molecule has 0 spiro atoms. The zero-order valence-corrected chi connectivity index (χ0v) is 13.9. The minimum Gasteiger partial charge on any atom is -0.258 e. The van der Waals surface area contributed by atoms with Crippen LogP contribution in [0.2, 0.25) is 5.02 Å². The van der Waals surface area contributed by atoms with Crippen LogP contribution in [0.15, 0.2) is 65.7 Å². The molecule has 0 heterocycles. The molecule has 1 aliphatic rings. The number of nitrogens with zero attached hydrogens (tertiary/aromatic N) is 2. The average Bonchev–Trinajstić information content (AvgIpc) is 2.96. The SMILES string of the molecule is O=[N+]([O-])c1ccc(C=Nc2ccc3c(c2)Cc2cc(Cl)ccc2-3)cc1. The molecule has 0 bridgehead atoms. The van der Waals surface area contributed by atoms with Gasteiger partial charge in [0.15, 0.2) is 0 Å². The van der Waals surface area contributed by atoms with E-state index in [2.05, 4.69) is 23.2 Å². The molecule has 0 N–H and O–H groups in total. The largest absolute Gasteiger partial charge is 0.269 e. The van der Waals surface area contributed by atoms with Crippen LogP contribution >= 0.6 is 11.6 Å². The van der Waals surface area contributed by atoms with Gasteiger partial charge in [-0.25, -0.2) is 0 Å². The van der Waals surface area contributed by atoms with Crippen LogP contribution in [0.3, 0.4) is 0 Å². The second-order valence-electron chi connectivity index (χ2n) is 5.93. The van der Waals surface area contributed by atoms with E-state index in [1.165, 1.54) is 34.4 Å². The van der Waals surface area contributed by atoms with Crippen molar-refractivity contribution in [1.29, 1.82) is 0 Å². The molecule has 0 saturated heterocycles. The van der Waals surface area contributed by atoms with E-state index in [4.69, 9.17) is 11.6 Å². The van der Waals surface area contributed by atoms with E-state index < -0.39 is 4.92 Å². The number of rotatable bonds is 3. The Morgan fingerprint density at radius 1 is 0.960 bits per heavy atom. The molecule has 122 valence electrons. The monoisotopic (exact) mass is 348 g/mol. The smallest absolute Gasteiger partial charge is 0.258 e. The molecule has 4 rings (SSSR count). The van der Waals surface area contributed by atoms with E-state index in [1.807, 2.05) is 18.2 Å². The molecule has 0 aromatic heterocycles. The summed E-state index contributed by atoms with van der Waals surface area (Å²) in [5.41, 5.74) is 6.67. The van der Waals surface area contributed by atoms with Gasteiger partial charge in [-0.15, -0.1) is 0 Å². The molecule has 4 nitrogen and oxygen atoms in total. The highest BCUT2D eigenvalue weighted by Gasteiger charge is 2.18. The average molecular weight is 349 g/mol. The Bertz CT molecular complexity index is 1010. The highest BCUT2D eigenvalue weighted by atomic mass is 35.5. The summed E-state index contributed by atoms with van der Waals surface area (Å²) in [5, 5.41) is 11.4. The Hall–Kier alpha value is -2.98. The number of nitro benzene ring substituents is 1. The first-order valence-electron chi connectivity index (χ1n) is 7.80. The molecule has 1 aliphatic carbocycles. The lowest BCUT2D eigenvalue weighted by Crippen LogP contribution is -1.88. The lowest BCUT2D eigenvalue weighted by molar-refractivity contribution is -0.384. The molecule has 3 aromatic carbocycles. The zero-order chi connectivity index (χ0) is 17.4. The van der Waals surface area contributed by atoms with Gasteiger partial charge < -0.3 is 0 Å². The minimum absolute atomic E-state index is 0.0751. The first-order chi connectivity index (χ1) is 12.1. The molecule has 0 saturated carbocycles. The quantitative estimate of drug-likeness (QED) is 0.276. The number of nitro groups is 1. The van der Waals surface area contributed by atoms with Crippen molar-refractivity contribution in [1.82, 2.24) is 0 Å². The number of fused-ring (bicyclic) bond motifs is 3. The third kappa shape index (κ3) is 3.04. The second kappa shape index (κ2) is 6.15. The molecule has 5 heteroatoms. The number of hydrogen-bond donors (Lipinski definition) is 0. The number of benzene rings is 3. The number of aliphatic imine (C=N–C) groups is 1. The zero-order valence-electron chi connectivity index (χ0n) is 13.1. The van der Waals surface area contributed by atoms with Gasteiger partial charge in [-0.05, 0) is 70.6 Å². The fourth-order valence-electron chi connectivity index (χ4n) is 3.08. The van der Waals surface area contributed by atoms with Crippen LogP contribution in [0.5, 0.6) is 0 Å². The van der Waals surface area contributed by atoms with E-state index in [0.717, 1.165) is 22.7 Å². The summed E-state index contributed by atoms with van der Waals surface area (Å²) < 4.78 is 0. The fraction of sp³-hybridized carbons (Fsp3) is 0.0500. The molecule has 0 radical (unpaired) electrons. The summed E-state index contributed by atoms with van der Waals surface area (Å²) in [6, 6.07) is 18.4. The predicted molar refractivity (Wildman–Crippen MR) is 100 cm³/mol. The van der Waals surface area contributed by atoms with Crippen LogP contribution in [-0.2, 0) is 6.42 Å². The Morgan fingerprint density at radius 3 is 2.36 bits per heavy atom. The van der Waals surface area contributed by atoms with Crippen LogP contribution in [-0.4, -0.2) is 11.1 Å². The predicted octanol–water partition coefficient (Wildman–Crippen LogP) is 5.57. The summed E-state index contributed by atoms with van der Waals surface area (Å²) >= 11 is 6.08. The van der Waals surface area contributed by atoms with E-state index in [-0.39, 0.29) is 5.69 Å². The van der Waals surface area contributed by atoms with E-state index in [9.17, 15) is 10.1 Å². The molecule has 25 heavy (non-hydrogen) atoms. The summed E-state index contributed by atoms with van der Waals surface area (Å²) in [7, 11) is 0. The summed E-state index contributed by atoms with van der Waals surface area (Å²) in [6.07, 6.45) is 2.57. The summed E-state index contributed by atoms with van der Waals surface area (Å²) in [5.74, 6) is 0. The van der Waals surface area contributed by atoms with Gasteiger partial charge in [0.1, 0.15) is 0 Å². The Balaban J connectivity index is 1.58. The van der Waals surface area contributed by atoms with Crippen LogP contribution < -0.4 is 0 Å². The van der Waals surface area contributed by atoms with Crippen molar-refractivity contribution < 1.29 is 4.92 Å². The van der Waals surface area contributed by atoms with Crippen molar-refractivity contribution in [3.05, 3.63) is 92.5 Å². The third-order valence-corrected chi connectivity index (χ3v) is 4.53. The molecule has 0 amide bonds. The van der Waals surface area contributed by atoms with Gasteiger partial charge in [-0.3, -0.25) is 15.1 Å². The number of halogens is 1. The lowest BCUT2D eigenvalue weighted by atomic mass is 10.1. The summed E-state index contributed by atoms with van der Waals surface area (Å²) in [4.78, 5) is 14.8. The van der Waals surface area contributed by atoms with Crippen molar-refractivity contribution in [2.24, 2.45) is 4.99 Å². The number of hydrogen-bond acceptors (Lipinski definition) is 3. The van der Waals surface area contributed by atoms with E-state index >= 15 is 0 Å². The normalized spacial score (nSPS) is 12.2. The van der Waals surface area contributed by atoms with Crippen molar-refractivity contribution in [2.45, 2.75) is 6.42 Å². The Labute approximate surface area is 149 Å². The Morgan fingerprint density at radius 2 is 1.64 bits per heavy atom. The highest BCUT2D eigenvalue weighted by molar-refractivity contribution is 6.30. The molecular weight excluding hydrogens is 336 g/mol. The van der Waals surface area contributed by atoms with Crippen molar-refractivity contribution >= 4 is 29.2 Å². The molecular formula is C20H13ClN2O2. The molecule has 0 fully saturated rings. The van der Waals surface area contributed by atoms with E-state index in [0.29, 0.717) is 0 Å². The van der Waals surface area contributed by atoms with Crippen molar-refractivity contribution in [2.75, 3.05) is 0 Å². The fourth-order valence-corrected chi connectivity index (χ4v) is 3.27. The third-order valence-electron chi connectivity index (χ3n) is 4.29. The Kier molecular flexibility index (Phi) is 3.82. The van der Waals surface area contributed by atoms with Gasteiger partial charge in [-0.2, -0.15) is 0 Å². The highest BCUT2D eigenvalue weighted by Crippen LogP contribution is 2.39. The lowest BCUT2D eigenvalue weighted by Gasteiger charge is -2.02. The van der Waals surface area contributed by atoms with Crippen molar-refractivity contribution in [3.63, 3.8) is 0 Å². The molecule has 0 atom stereocenters. The van der Waals surface area contributed by atoms with Crippen LogP contribution in [0.1, 0.15) is 16.7 Å². The van der Waals surface area contributed by atoms with Crippen LogP contribution in [0.4, 0.5) is 11.4 Å². The van der Waals surface area contributed by atoms with Gasteiger partial charge >= 0.3 is 0 Å². The number of non-ortho nitro benzene ring substituents is 1. The molecule has 3 aromatic rings. The van der Waals surface area contributed by atoms with Crippen molar-refractivity contribution in [3.8, 4) is 11.1 Å². The first kappa shape index (κ1) is 15.5. The maximum Gasteiger partial charge on any atom is 0.269 e.